The predicted octanol–water partition coefficient (Wildman–Crippen LogP) is 13.7. The molecule has 0 saturated carbocycles. The summed E-state index contributed by atoms with van der Waals surface area (Å²) in [5, 5.41) is 0. The van der Waals surface area contributed by atoms with Gasteiger partial charge in [-0.1, -0.05) is 161 Å². The number of hydrogen-bond donors (Lipinski definition) is 0. The van der Waals surface area contributed by atoms with Crippen molar-refractivity contribution >= 4 is 18.1 Å². The molecular weight excluding hydrogens is 805 g/mol. The summed E-state index contributed by atoms with van der Waals surface area (Å²) in [6.45, 7) is 18.4. The average Bonchev–Trinajstić information content (AvgIpc) is 3.29. The SMILES string of the molecule is CCCCCCCCCC(=O)OCCN(CCCN(CC)CCCCOCc1ccccc1)CCOC(=O)OC(CCCCCC)CCCC(=O)OCC(CCCCC)CCCCC. The summed E-state index contributed by atoms with van der Waals surface area (Å²) in [4.78, 5) is 43.1. The highest BCUT2D eigenvalue weighted by Crippen LogP contribution is 2.20. The molecule has 10 heteroatoms. The Labute approximate surface area is 393 Å². The van der Waals surface area contributed by atoms with E-state index in [1.54, 1.807) is 0 Å². The van der Waals surface area contributed by atoms with Crippen molar-refractivity contribution in [2.24, 2.45) is 5.92 Å². The van der Waals surface area contributed by atoms with Gasteiger partial charge in [-0.2, -0.15) is 0 Å². The number of carbonyl (C=O) groups excluding carboxylic acids is 3. The Bertz CT molecular complexity index is 1190. The van der Waals surface area contributed by atoms with Gasteiger partial charge in [-0.15, -0.1) is 0 Å². The van der Waals surface area contributed by atoms with Gasteiger partial charge in [0.1, 0.15) is 19.3 Å². The highest BCUT2D eigenvalue weighted by Gasteiger charge is 2.19. The number of carbonyl (C=O) groups is 3. The number of hydrogen-bond acceptors (Lipinski definition) is 10. The van der Waals surface area contributed by atoms with Crippen molar-refractivity contribution in [3.8, 4) is 0 Å². The molecule has 0 fully saturated rings. The van der Waals surface area contributed by atoms with E-state index in [0.29, 0.717) is 64.5 Å². The van der Waals surface area contributed by atoms with Gasteiger partial charge in [0.05, 0.1) is 13.2 Å². The van der Waals surface area contributed by atoms with E-state index < -0.39 is 6.16 Å². The molecule has 0 aliphatic rings. The second kappa shape index (κ2) is 44.2. The minimum Gasteiger partial charge on any atom is -0.465 e. The maximum absolute atomic E-state index is 13.1. The molecular formula is C54H98N2O8. The lowest BCUT2D eigenvalue weighted by Gasteiger charge is -2.25. The van der Waals surface area contributed by atoms with E-state index in [1.165, 1.54) is 76.2 Å². The van der Waals surface area contributed by atoms with Crippen LogP contribution in [0.3, 0.4) is 0 Å². The number of benzene rings is 1. The lowest BCUT2D eigenvalue weighted by atomic mass is 9.96. The Balaban J connectivity index is 2.64. The summed E-state index contributed by atoms with van der Waals surface area (Å²) in [6, 6.07) is 10.3. The third-order valence-corrected chi connectivity index (χ3v) is 12.3. The van der Waals surface area contributed by atoms with E-state index in [0.717, 1.165) is 110 Å². The van der Waals surface area contributed by atoms with Gasteiger partial charge < -0.3 is 28.6 Å². The van der Waals surface area contributed by atoms with Gasteiger partial charge in [-0.25, -0.2) is 4.79 Å². The summed E-state index contributed by atoms with van der Waals surface area (Å²) in [7, 11) is 0. The van der Waals surface area contributed by atoms with E-state index in [9.17, 15) is 14.4 Å². The smallest absolute Gasteiger partial charge is 0.465 e. The first-order valence-corrected chi connectivity index (χ1v) is 26.6. The molecule has 1 unspecified atom stereocenters. The van der Waals surface area contributed by atoms with Crippen molar-refractivity contribution < 1.29 is 38.1 Å². The molecule has 0 radical (unpaired) electrons. The van der Waals surface area contributed by atoms with Crippen molar-refractivity contribution in [2.45, 2.75) is 221 Å². The van der Waals surface area contributed by atoms with Crippen LogP contribution >= 0.6 is 0 Å². The number of ether oxygens (including phenoxy) is 5. The fourth-order valence-corrected chi connectivity index (χ4v) is 8.10. The van der Waals surface area contributed by atoms with Crippen LogP contribution in [0.5, 0.6) is 0 Å². The molecule has 372 valence electrons. The minimum absolute atomic E-state index is 0.134. The van der Waals surface area contributed by atoms with Crippen LogP contribution in [-0.4, -0.2) is 99.7 Å². The van der Waals surface area contributed by atoms with Crippen LogP contribution in [0.15, 0.2) is 30.3 Å². The molecule has 1 aromatic carbocycles. The summed E-state index contributed by atoms with van der Waals surface area (Å²) in [6.07, 6.45) is 26.8. The van der Waals surface area contributed by atoms with Gasteiger partial charge in [-0.05, 0) is 102 Å². The Morgan fingerprint density at radius 3 is 1.69 bits per heavy atom. The van der Waals surface area contributed by atoms with Crippen LogP contribution < -0.4 is 0 Å². The zero-order valence-corrected chi connectivity index (χ0v) is 42.1. The Morgan fingerprint density at radius 1 is 0.484 bits per heavy atom. The standard InChI is InChI=1S/C54H98N2O8/c1-6-11-15-17-18-19-26-37-52(57)61-45-42-56(41-30-40-55(10-5)39-27-28-44-60-47-49-33-23-20-24-34-49)43-46-62-54(59)64-51(35-25-16-12-7-2)36-29-38-53(58)63-48-50(31-21-13-8-3)32-22-14-9-4/h20,23-24,33-34,50-51H,6-19,21-22,25-32,35-48H2,1-5H3. The van der Waals surface area contributed by atoms with E-state index in [2.05, 4.69) is 56.6 Å². The number of esters is 2. The number of rotatable bonds is 46. The highest BCUT2D eigenvalue weighted by atomic mass is 16.7. The summed E-state index contributed by atoms with van der Waals surface area (Å²) in [5.74, 6) is 0.151. The monoisotopic (exact) mass is 903 g/mol. The average molecular weight is 903 g/mol. The molecule has 64 heavy (non-hydrogen) atoms. The number of unbranched alkanes of at least 4 members (excludes halogenated alkanes) is 14. The topological polar surface area (TPSA) is 104 Å². The first-order chi connectivity index (χ1) is 31.3. The van der Waals surface area contributed by atoms with Gasteiger partial charge in [0.15, 0.2) is 0 Å². The zero-order chi connectivity index (χ0) is 46.6. The Hall–Kier alpha value is -2.69. The second-order valence-corrected chi connectivity index (χ2v) is 18.1. The third kappa shape index (κ3) is 36.5. The van der Waals surface area contributed by atoms with E-state index in [1.807, 2.05) is 18.2 Å². The highest BCUT2D eigenvalue weighted by molar-refractivity contribution is 5.69. The third-order valence-electron chi connectivity index (χ3n) is 12.3. The molecule has 1 atom stereocenters. The van der Waals surface area contributed by atoms with Gasteiger partial charge >= 0.3 is 18.1 Å². The molecule has 10 nitrogen and oxygen atoms in total. The maximum Gasteiger partial charge on any atom is 0.508 e. The van der Waals surface area contributed by atoms with Gasteiger partial charge in [-0.3, -0.25) is 14.5 Å². The Morgan fingerprint density at radius 2 is 1.02 bits per heavy atom. The lowest BCUT2D eigenvalue weighted by Crippen LogP contribution is -2.35. The molecule has 1 rings (SSSR count). The largest absolute Gasteiger partial charge is 0.508 e. The summed E-state index contributed by atoms with van der Waals surface area (Å²) >= 11 is 0. The molecule has 0 amide bonds. The molecule has 0 saturated heterocycles. The zero-order valence-electron chi connectivity index (χ0n) is 42.1. The van der Waals surface area contributed by atoms with Crippen LogP contribution in [-0.2, 0) is 39.9 Å². The van der Waals surface area contributed by atoms with Crippen LogP contribution in [0.1, 0.15) is 214 Å². The molecule has 0 aliphatic carbocycles. The molecule has 0 bridgehead atoms. The fraction of sp³-hybridized carbons (Fsp3) is 0.833. The maximum atomic E-state index is 13.1. The van der Waals surface area contributed by atoms with Gasteiger partial charge in [0.2, 0.25) is 0 Å². The minimum atomic E-state index is -0.656. The second-order valence-electron chi connectivity index (χ2n) is 18.1. The van der Waals surface area contributed by atoms with Crippen molar-refractivity contribution in [1.29, 1.82) is 0 Å². The van der Waals surface area contributed by atoms with Crippen LogP contribution in [0.4, 0.5) is 4.79 Å². The molecule has 1 aromatic rings. The molecule has 0 aliphatic heterocycles. The van der Waals surface area contributed by atoms with Crippen molar-refractivity contribution in [3.63, 3.8) is 0 Å². The van der Waals surface area contributed by atoms with Crippen molar-refractivity contribution in [2.75, 3.05) is 65.7 Å². The van der Waals surface area contributed by atoms with Gasteiger partial charge in [0, 0.05) is 32.5 Å². The predicted molar refractivity (Wildman–Crippen MR) is 264 cm³/mol. The molecule has 0 aromatic heterocycles. The van der Waals surface area contributed by atoms with E-state index in [-0.39, 0.29) is 24.6 Å². The first-order valence-electron chi connectivity index (χ1n) is 26.6. The van der Waals surface area contributed by atoms with Crippen LogP contribution in [0, 0.1) is 5.92 Å². The first kappa shape index (κ1) is 59.3. The van der Waals surface area contributed by atoms with Crippen molar-refractivity contribution in [3.05, 3.63) is 35.9 Å². The number of nitrogens with zero attached hydrogens (tertiary/aromatic N) is 2. The van der Waals surface area contributed by atoms with Gasteiger partial charge in [0.25, 0.3) is 0 Å². The Kier molecular flexibility index (Phi) is 40.9. The normalized spacial score (nSPS) is 12.0. The van der Waals surface area contributed by atoms with E-state index in [4.69, 9.17) is 23.7 Å². The van der Waals surface area contributed by atoms with Crippen LogP contribution in [0.25, 0.3) is 0 Å². The van der Waals surface area contributed by atoms with Crippen molar-refractivity contribution in [1.82, 2.24) is 9.80 Å². The molecule has 0 N–H and O–H groups in total. The summed E-state index contributed by atoms with van der Waals surface area (Å²) in [5.41, 5.74) is 1.20. The molecule has 0 spiro atoms. The summed E-state index contributed by atoms with van der Waals surface area (Å²) < 4.78 is 28.9. The fourth-order valence-electron chi connectivity index (χ4n) is 8.10. The quantitative estimate of drug-likeness (QED) is 0.0357. The lowest BCUT2D eigenvalue weighted by molar-refractivity contribution is -0.145. The van der Waals surface area contributed by atoms with Crippen LogP contribution in [0.2, 0.25) is 0 Å². The van der Waals surface area contributed by atoms with E-state index >= 15 is 0 Å². The molecule has 0 heterocycles.